The number of amides is 1. The third-order valence-corrected chi connectivity index (χ3v) is 3.51. The van der Waals surface area contributed by atoms with Gasteiger partial charge in [-0.3, -0.25) is 0 Å². The molecule has 1 aliphatic rings. The summed E-state index contributed by atoms with van der Waals surface area (Å²) in [5.74, 6) is 0. The molecule has 1 heterocycles. The first kappa shape index (κ1) is 12.2. The number of cyclic esters (lactones) is 1. The molecule has 92 valence electrons. The average Bonchev–Trinajstić information content (AvgIpc) is 2.23. The van der Waals surface area contributed by atoms with Gasteiger partial charge in [0.1, 0.15) is 6.61 Å². The normalized spacial score (nSPS) is 22.8. The average molecular weight is 254 g/mol. The van der Waals surface area contributed by atoms with E-state index in [1.54, 1.807) is 0 Å². The van der Waals surface area contributed by atoms with E-state index in [1.165, 1.54) is 0 Å². The predicted molar refractivity (Wildman–Crippen MR) is 67.2 cm³/mol. The minimum atomic E-state index is -0.381. The van der Waals surface area contributed by atoms with Crippen LogP contribution in [0, 0.1) is 12.3 Å². The van der Waals surface area contributed by atoms with E-state index < -0.39 is 0 Å². The minimum absolute atomic E-state index is 0.113. The molecule has 3 nitrogen and oxygen atoms in total. The predicted octanol–water partition coefficient (Wildman–Crippen LogP) is 3.46. The second kappa shape index (κ2) is 4.22. The standard InChI is InChI=1S/C13H16ClNO2/c1-8-5-4-6-9(14)10(8)11-13(2,3)7-17-12(16)15-11/h4-6,11H,7H2,1-3H3,(H,15,16)/t11-/m1/s1. The van der Waals surface area contributed by atoms with Gasteiger partial charge in [0.05, 0.1) is 6.04 Å². The highest BCUT2D eigenvalue weighted by Gasteiger charge is 2.39. The van der Waals surface area contributed by atoms with Crippen LogP contribution in [-0.4, -0.2) is 12.7 Å². The molecule has 0 aromatic heterocycles. The van der Waals surface area contributed by atoms with E-state index in [0.29, 0.717) is 11.6 Å². The molecule has 0 bridgehead atoms. The summed E-state index contributed by atoms with van der Waals surface area (Å²) in [6.45, 7) is 6.51. The molecule has 0 saturated carbocycles. The first-order chi connectivity index (χ1) is 7.92. The van der Waals surface area contributed by atoms with Gasteiger partial charge in [0.15, 0.2) is 0 Å². The van der Waals surface area contributed by atoms with Crippen molar-refractivity contribution in [3.8, 4) is 0 Å². The molecular formula is C13H16ClNO2. The van der Waals surface area contributed by atoms with Crippen molar-refractivity contribution in [1.82, 2.24) is 5.32 Å². The lowest BCUT2D eigenvalue weighted by atomic mass is 9.79. The van der Waals surface area contributed by atoms with Crippen LogP contribution in [0.15, 0.2) is 18.2 Å². The van der Waals surface area contributed by atoms with Crippen LogP contribution in [-0.2, 0) is 4.74 Å². The number of nitrogens with one attached hydrogen (secondary N) is 1. The Balaban J connectivity index is 2.46. The van der Waals surface area contributed by atoms with E-state index in [2.05, 4.69) is 19.2 Å². The van der Waals surface area contributed by atoms with E-state index in [-0.39, 0.29) is 17.6 Å². The summed E-state index contributed by atoms with van der Waals surface area (Å²) in [6, 6.07) is 5.65. The molecule has 4 heteroatoms. The summed E-state index contributed by atoms with van der Waals surface area (Å²) < 4.78 is 5.03. The molecule has 17 heavy (non-hydrogen) atoms. The summed E-state index contributed by atoms with van der Waals surface area (Å²) in [4.78, 5) is 11.4. The van der Waals surface area contributed by atoms with Crippen molar-refractivity contribution in [3.05, 3.63) is 34.3 Å². The molecule has 0 spiro atoms. The fraction of sp³-hybridized carbons (Fsp3) is 0.462. The fourth-order valence-electron chi connectivity index (χ4n) is 2.16. The Bertz CT molecular complexity index is 436. The molecule has 2 rings (SSSR count). The van der Waals surface area contributed by atoms with Gasteiger partial charge < -0.3 is 10.1 Å². The zero-order chi connectivity index (χ0) is 12.6. The Morgan fingerprint density at radius 2 is 2.18 bits per heavy atom. The molecule has 1 fully saturated rings. The molecule has 1 amide bonds. The van der Waals surface area contributed by atoms with Gasteiger partial charge in [0, 0.05) is 10.4 Å². The summed E-state index contributed by atoms with van der Waals surface area (Å²) >= 11 is 6.25. The van der Waals surface area contributed by atoms with Crippen molar-refractivity contribution in [2.75, 3.05) is 6.61 Å². The van der Waals surface area contributed by atoms with Crippen LogP contribution in [0.25, 0.3) is 0 Å². The van der Waals surface area contributed by atoms with Gasteiger partial charge in [-0.05, 0) is 24.1 Å². The molecule has 1 atom stereocenters. The Labute approximate surface area is 106 Å². The lowest BCUT2D eigenvalue weighted by molar-refractivity contribution is 0.0386. The Morgan fingerprint density at radius 3 is 2.82 bits per heavy atom. The van der Waals surface area contributed by atoms with Crippen molar-refractivity contribution in [3.63, 3.8) is 0 Å². The second-order valence-corrected chi connectivity index (χ2v) is 5.52. The van der Waals surface area contributed by atoms with E-state index >= 15 is 0 Å². The van der Waals surface area contributed by atoms with Gasteiger partial charge in [-0.2, -0.15) is 0 Å². The van der Waals surface area contributed by atoms with Crippen LogP contribution in [0.2, 0.25) is 5.02 Å². The van der Waals surface area contributed by atoms with Gasteiger partial charge in [0.25, 0.3) is 0 Å². The third-order valence-electron chi connectivity index (χ3n) is 3.18. The zero-order valence-electron chi connectivity index (χ0n) is 10.2. The number of carbonyl (C=O) groups excluding carboxylic acids is 1. The van der Waals surface area contributed by atoms with Crippen molar-refractivity contribution in [2.24, 2.45) is 5.41 Å². The largest absolute Gasteiger partial charge is 0.449 e. The molecule has 0 aliphatic carbocycles. The molecule has 1 aliphatic heterocycles. The number of hydrogen-bond acceptors (Lipinski definition) is 2. The van der Waals surface area contributed by atoms with Gasteiger partial charge in [0.2, 0.25) is 0 Å². The molecule has 0 radical (unpaired) electrons. The van der Waals surface area contributed by atoms with E-state index in [0.717, 1.165) is 11.1 Å². The maximum absolute atomic E-state index is 11.4. The smallest absolute Gasteiger partial charge is 0.407 e. The van der Waals surface area contributed by atoms with E-state index in [9.17, 15) is 4.79 Å². The van der Waals surface area contributed by atoms with Crippen molar-refractivity contribution in [1.29, 1.82) is 0 Å². The van der Waals surface area contributed by atoms with Gasteiger partial charge >= 0.3 is 6.09 Å². The van der Waals surface area contributed by atoms with Gasteiger partial charge in [-0.25, -0.2) is 4.79 Å². The number of halogens is 1. The van der Waals surface area contributed by atoms with Crippen molar-refractivity contribution in [2.45, 2.75) is 26.8 Å². The summed E-state index contributed by atoms with van der Waals surface area (Å²) in [5.41, 5.74) is 1.89. The molecule has 1 saturated heterocycles. The number of hydrogen-bond donors (Lipinski definition) is 1. The van der Waals surface area contributed by atoms with Crippen LogP contribution in [0.4, 0.5) is 4.79 Å². The van der Waals surface area contributed by atoms with Crippen LogP contribution in [0.5, 0.6) is 0 Å². The molecule has 0 unspecified atom stereocenters. The van der Waals surface area contributed by atoms with Crippen LogP contribution >= 0.6 is 11.6 Å². The van der Waals surface area contributed by atoms with Crippen molar-refractivity contribution < 1.29 is 9.53 Å². The summed E-state index contributed by atoms with van der Waals surface area (Å²) in [7, 11) is 0. The second-order valence-electron chi connectivity index (χ2n) is 5.11. The number of benzene rings is 1. The Hall–Kier alpha value is -1.22. The summed E-state index contributed by atoms with van der Waals surface area (Å²) in [5, 5.41) is 3.54. The van der Waals surface area contributed by atoms with Gasteiger partial charge in [-0.15, -0.1) is 0 Å². The highest BCUT2D eigenvalue weighted by atomic mass is 35.5. The highest BCUT2D eigenvalue weighted by molar-refractivity contribution is 6.31. The van der Waals surface area contributed by atoms with Crippen molar-refractivity contribution >= 4 is 17.7 Å². The number of aryl methyl sites for hydroxylation is 1. The Morgan fingerprint density at radius 1 is 1.47 bits per heavy atom. The lowest BCUT2D eigenvalue weighted by Gasteiger charge is -2.39. The first-order valence-electron chi connectivity index (χ1n) is 5.60. The number of ether oxygens (including phenoxy) is 1. The molecule has 1 N–H and O–H groups in total. The monoisotopic (exact) mass is 253 g/mol. The third kappa shape index (κ3) is 2.25. The first-order valence-corrected chi connectivity index (χ1v) is 5.98. The highest BCUT2D eigenvalue weighted by Crippen LogP contribution is 2.40. The Kier molecular flexibility index (Phi) is 3.04. The maximum Gasteiger partial charge on any atom is 0.407 e. The van der Waals surface area contributed by atoms with Gasteiger partial charge in [-0.1, -0.05) is 37.6 Å². The fourth-order valence-corrected chi connectivity index (χ4v) is 2.49. The van der Waals surface area contributed by atoms with E-state index in [4.69, 9.17) is 16.3 Å². The topological polar surface area (TPSA) is 38.3 Å². The maximum atomic E-state index is 11.4. The quantitative estimate of drug-likeness (QED) is 0.832. The molecule has 1 aromatic rings. The van der Waals surface area contributed by atoms with E-state index in [1.807, 2.05) is 25.1 Å². The lowest BCUT2D eigenvalue weighted by Crippen LogP contribution is -2.47. The SMILES string of the molecule is Cc1cccc(Cl)c1[C@H]1NC(=O)OCC1(C)C. The number of carbonyl (C=O) groups is 1. The van der Waals surface area contributed by atoms with Crippen LogP contribution in [0.1, 0.15) is 31.0 Å². The summed E-state index contributed by atoms with van der Waals surface area (Å²) in [6.07, 6.45) is -0.381. The molecular weight excluding hydrogens is 238 g/mol. The minimum Gasteiger partial charge on any atom is -0.449 e. The van der Waals surface area contributed by atoms with Crippen LogP contribution < -0.4 is 5.32 Å². The number of alkyl carbamates (subject to hydrolysis) is 1. The number of rotatable bonds is 1. The molecule has 1 aromatic carbocycles. The zero-order valence-corrected chi connectivity index (χ0v) is 11.0. The van der Waals surface area contributed by atoms with Crippen LogP contribution in [0.3, 0.4) is 0 Å².